The molecule has 2 aromatic rings. The van der Waals surface area contributed by atoms with Gasteiger partial charge in [0.05, 0.1) is 49.4 Å². The first kappa shape index (κ1) is 31.1. The minimum atomic E-state index is -0.673. The zero-order valence-corrected chi connectivity index (χ0v) is 27.5. The summed E-state index contributed by atoms with van der Waals surface area (Å²) >= 11 is 3.26. The number of benzene rings is 2. The number of hydrogen-bond donors (Lipinski definition) is 1. The van der Waals surface area contributed by atoms with Crippen molar-refractivity contribution in [2.45, 2.75) is 12.8 Å². The molecule has 0 unspecified atom stereocenters. The largest absolute Gasteiger partial charge is 0.502 e. The minimum absolute atomic E-state index is 0.136. The Labute approximate surface area is 280 Å². The maximum Gasteiger partial charge on any atom is 0.238 e. The summed E-state index contributed by atoms with van der Waals surface area (Å²) in [7, 11) is 2.87. The molecule has 0 bridgehead atoms. The first-order valence-corrected chi connectivity index (χ1v) is 16.3. The molecule has 3 aliphatic carbocycles. The summed E-state index contributed by atoms with van der Waals surface area (Å²) in [6.45, 7) is 2.85. The van der Waals surface area contributed by atoms with Crippen molar-refractivity contribution in [1.82, 2.24) is 0 Å². The predicted octanol–water partition coefficient (Wildman–Crippen LogP) is 4.76. The third kappa shape index (κ3) is 5.21. The molecule has 0 aromatic heterocycles. The van der Waals surface area contributed by atoms with Gasteiger partial charge in [0.15, 0.2) is 23.1 Å². The number of halogens is 1. The first-order valence-electron chi connectivity index (χ1n) is 15.5. The zero-order chi connectivity index (χ0) is 33.0. The van der Waals surface area contributed by atoms with Crippen molar-refractivity contribution >= 4 is 56.8 Å². The van der Waals surface area contributed by atoms with Gasteiger partial charge in [0.1, 0.15) is 0 Å². The number of anilines is 2. The van der Waals surface area contributed by atoms with Gasteiger partial charge in [-0.25, -0.2) is 0 Å². The standard InChI is InChI=1S/C36H33BrN2O8/c1-45-29-15-19(16-30(46-2)34(29)42)3-8-23-22-9-10-24-32(25(22)17-26-31(23)28(40)18-27(37)33(26)41)36(44)39(35(24)43)21-6-4-20(5-7-21)38-11-13-47-14-12-38/h3-9,15-16,18,23-25,32,42H,10-14,17H2,1-2H3/t23-,24-,25+,32-/m0/s1. The number of rotatable bonds is 6. The number of allylic oxidation sites excluding steroid dienone is 7. The van der Waals surface area contributed by atoms with Gasteiger partial charge in [0.2, 0.25) is 17.6 Å². The summed E-state index contributed by atoms with van der Waals surface area (Å²) in [5.74, 6) is -3.11. The highest BCUT2D eigenvalue weighted by molar-refractivity contribution is 9.12. The number of phenolic OH excluding ortho intramolecular Hbond substituents is 1. The fourth-order valence-electron chi connectivity index (χ4n) is 7.59. The van der Waals surface area contributed by atoms with Crippen molar-refractivity contribution in [2.75, 3.05) is 50.3 Å². The number of morpholine rings is 1. The summed E-state index contributed by atoms with van der Waals surface area (Å²) in [4.78, 5) is 58.5. The number of imide groups is 1. The maximum atomic E-state index is 14.2. The number of ether oxygens (including phenoxy) is 3. The predicted molar refractivity (Wildman–Crippen MR) is 178 cm³/mol. The van der Waals surface area contributed by atoms with Gasteiger partial charge in [-0.2, -0.15) is 0 Å². The van der Waals surface area contributed by atoms with E-state index in [1.165, 1.54) is 25.2 Å². The first-order chi connectivity index (χ1) is 22.7. The number of carbonyl (C=O) groups is 4. The number of hydrogen-bond acceptors (Lipinski definition) is 9. The van der Waals surface area contributed by atoms with E-state index in [0.29, 0.717) is 42.0 Å². The number of fused-ring (bicyclic) bond motifs is 3. The number of Topliss-reactive ketones (excluding diaryl/α,β-unsaturated/α-hetero) is 1. The lowest BCUT2D eigenvalue weighted by Gasteiger charge is -2.41. The van der Waals surface area contributed by atoms with Crippen molar-refractivity contribution in [2.24, 2.45) is 23.7 Å². The molecule has 10 nitrogen and oxygen atoms in total. The number of methoxy groups -OCH3 is 2. The molecule has 2 aliphatic heterocycles. The second-order valence-corrected chi connectivity index (χ2v) is 13.1. The molecule has 2 aromatic carbocycles. The van der Waals surface area contributed by atoms with Crippen LogP contribution < -0.4 is 19.3 Å². The average Bonchev–Trinajstić information content (AvgIpc) is 3.35. The number of amides is 2. The molecule has 0 saturated carbocycles. The number of aromatic hydroxyl groups is 1. The monoisotopic (exact) mass is 700 g/mol. The van der Waals surface area contributed by atoms with Crippen LogP contribution in [0.15, 0.2) is 75.8 Å². The number of phenols is 1. The summed E-state index contributed by atoms with van der Waals surface area (Å²) in [5.41, 5.74) is 3.74. The number of ketones is 2. The Hall–Kier alpha value is -4.48. The zero-order valence-electron chi connectivity index (χ0n) is 25.9. The van der Waals surface area contributed by atoms with Crippen LogP contribution in [0.1, 0.15) is 18.4 Å². The van der Waals surface area contributed by atoms with Crippen molar-refractivity contribution in [1.29, 1.82) is 0 Å². The molecule has 2 fully saturated rings. The summed E-state index contributed by atoms with van der Waals surface area (Å²) in [5, 5.41) is 10.4. The molecule has 2 saturated heterocycles. The molecule has 47 heavy (non-hydrogen) atoms. The van der Waals surface area contributed by atoms with E-state index < -0.39 is 23.7 Å². The molecule has 5 aliphatic rings. The molecule has 11 heteroatoms. The maximum absolute atomic E-state index is 14.2. The van der Waals surface area contributed by atoms with E-state index in [2.05, 4.69) is 20.8 Å². The summed E-state index contributed by atoms with van der Waals surface area (Å²) in [6, 6.07) is 10.8. The van der Waals surface area contributed by atoms with Crippen LogP contribution in [-0.4, -0.2) is 69.0 Å². The second-order valence-electron chi connectivity index (χ2n) is 12.2. The Morgan fingerprint density at radius 2 is 1.60 bits per heavy atom. The van der Waals surface area contributed by atoms with Crippen molar-refractivity contribution in [3.05, 3.63) is 81.4 Å². The molecule has 2 amide bonds. The van der Waals surface area contributed by atoms with Crippen LogP contribution in [0, 0.1) is 23.7 Å². The van der Waals surface area contributed by atoms with Crippen molar-refractivity contribution in [3.8, 4) is 17.2 Å². The Balaban J connectivity index is 1.24. The van der Waals surface area contributed by atoms with E-state index in [1.54, 1.807) is 18.2 Å². The smallest absolute Gasteiger partial charge is 0.238 e. The normalized spacial score (nSPS) is 25.9. The van der Waals surface area contributed by atoms with E-state index in [1.807, 2.05) is 36.4 Å². The molecule has 242 valence electrons. The molecule has 0 spiro atoms. The Morgan fingerprint density at radius 3 is 2.26 bits per heavy atom. The lowest BCUT2D eigenvalue weighted by molar-refractivity contribution is -0.123. The highest BCUT2D eigenvalue weighted by Crippen LogP contribution is 2.53. The van der Waals surface area contributed by atoms with Gasteiger partial charge in [-0.1, -0.05) is 23.8 Å². The lowest BCUT2D eigenvalue weighted by atomic mass is 9.61. The van der Waals surface area contributed by atoms with Gasteiger partial charge in [-0.15, -0.1) is 0 Å². The van der Waals surface area contributed by atoms with Gasteiger partial charge in [0.25, 0.3) is 0 Å². The van der Waals surface area contributed by atoms with Crippen LogP contribution >= 0.6 is 15.9 Å². The Morgan fingerprint density at radius 1 is 0.936 bits per heavy atom. The molecule has 2 heterocycles. The van der Waals surface area contributed by atoms with Gasteiger partial charge in [0, 0.05) is 41.9 Å². The van der Waals surface area contributed by atoms with Gasteiger partial charge in [-0.3, -0.25) is 24.1 Å². The van der Waals surface area contributed by atoms with E-state index in [4.69, 9.17) is 14.2 Å². The summed E-state index contributed by atoms with van der Waals surface area (Å²) in [6.07, 6.45) is 7.42. The van der Waals surface area contributed by atoms with Crippen LogP contribution in [0.25, 0.3) is 6.08 Å². The minimum Gasteiger partial charge on any atom is -0.502 e. The third-order valence-electron chi connectivity index (χ3n) is 9.85. The van der Waals surface area contributed by atoms with Crippen LogP contribution in [0.3, 0.4) is 0 Å². The SMILES string of the molecule is COc1cc(C=C[C@H]2C3=CC[C@@H]4C(=O)N(c5ccc(N6CCOCC6)cc5)C(=O)[C@@H]4[C@@H]3CC3=C2C(=O)C=C(Br)C3=O)cc(OC)c1O. The van der Waals surface area contributed by atoms with Crippen molar-refractivity contribution < 1.29 is 38.5 Å². The molecule has 1 N–H and O–H groups in total. The Kier molecular flexibility index (Phi) is 8.13. The molecular weight excluding hydrogens is 668 g/mol. The van der Waals surface area contributed by atoms with Gasteiger partial charge >= 0.3 is 0 Å². The second kappa shape index (κ2) is 12.3. The third-order valence-corrected chi connectivity index (χ3v) is 10.4. The fraction of sp³-hybridized carbons (Fsp3) is 0.333. The lowest BCUT2D eigenvalue weighted by Crippen LogP contribution is -2.40. The van der Waals surface area contributed by atoms with E-state index in [0.717, 1.165) is 24.4 Å². The van der Waals surface area contributed by atoms with Gasteiger partial charge < -0.3 is 24.2 Å². The van der Waals surface area contributed by atoms with Crippen LogP contribution in [0.2, 0.25) is 0 Å². The van der Waals surface area contributed by atoms with Crippen LogP contribution in [0.5, 0.6) is 17.2 Å². The molecule has 0 radical (unpaired) electrons. The number of carbonyl (C=O) groups excluding carboxylic acids is 4. The molecule has 4 atom stereocenters. The van der Waals surface area contributed by atoms with Crippen molar-refractivity contribution in [3.63, 3.8) is 0 Å². The topological polar surface area (TPSA) is 123 Å². The summed E-state index contributed by atoms with van der Waals surface area (Å²) < 4.78 is 16.2. The highest BCUT2D eigenvalue weighted by Gasteiger charge is 2.56. The Bertz CT molecular complexity index is 1790. The molecule has 7 rings (SSSR count). The fourth-order valence-corrected chi connectivity index (χ4v) is 8.04. The molecular formula is C36H33BrN2O8. The van der Waals surface area contributed by atoms with E-state index >= 15 is 0 Å². The van der Waals surface area contributed by atoms with Gasteiger partial charge in [-0.05, 0) is 76.7 Å². The average molecular weight is 702 g/mol. The van der Waals surface area contributed by atoms with Crippen LogP contribution in [-0.2, 0) is 23.9 Å². The highest BCUT2D eigenvalue weighted by atomic mass is 79.9. The quantitative estimate of drug-likeness (QED) is 0.258. The number of nitrogens with zero attached hydrogens (tertiary/aromatic N) is 2. The van der Waals surface area contributed by atoms with E-state index in [9.17, 15) is 24.3 Å². The van der Waals surface area contributed by atoms with Crippen LogP contribution in [0.4, 0.5) is 11.4 Å². The van der Waals surface area contributed by atoms with E-state index in [-0.39, 0.29) is 51.5 Å².